The van der Waals surface area contributed by atoms with Gasteiger partial charge >= 0.3 is 0 Å². The standard InChI is InChI=1S/C21H27N5O3/c27-21(17-29-16-18-4-2-1-3-5-18)26-8-6-25(7-9-26)20-14-19(15-22-23-20)24-10-12-28-13-11-24/h1-5,14-15H,6-13,16-17H2. The zero-order chi connectivity index (χ0) is 19.9. The predicted molar refractivity (Wildman–Crippen MR) is 110 cm³/mol. The Morgan fingerprint density at radius 1 is 1.00 bits per heavy atom. The second kappa shape index (κ2) is 9.67. The van der Waals surface area contributed by atoms with Crippen LogP contribution in [-0.4, -0.2) is 80.1 Å². The van der Waals surface area contributed by atoms with E-state index < -0.39 is 0 Å². The highest BCUT2D eigenvalue weighted by Gasteiger charge is 2.23. The quantitative estimate of drug-likeness (QED) is 0.725. The lowest BCUT2D eigenvalue weighted by Crippen LogP contribution is -2.50. The van der Waals surface area contributed by atoms with Gasteiger partial charge in [0.1, 0.15) is 6.61 Å². The molecule has 3 heterocycles. The van der Waals surface area contributed by atoms with E-state index in [2.05, 4.69) is 26.1 Å². The summed E-state index contributed by atoms with van der Waals surface area (Å²) in [7, 11) is 0. The molecule has 0 saturated carbocycles. The summed E-state index contributed by atoms with van der Waals surface area (Å²) in [6, 6.07) is 12.0. The average molecular weight is 397 g/mol. The molecule has 0 unspecified atom stereocenters. The number of rotatable bonds is 6. The van der Waals surface area contributed by atoms with Crippen LogP contribution in [0, 0.1) is 0 Å². The normalized spacial score (nSPS) is 17.4. The van der Waals surface area contributed by atoms with E-state index in [1.54, 1.807) is 6.20 Å². The van der Waals surface area contributed by atoms with Gasteiger partial charge in [-0.1, -0.05) is 30.3 Å². The van der Waals surface area contributed by atoms with Crippen LogP contribution in [0.1, 0.15) is 5.56 Å². The fourth-order valence-electron chi connectivity index (χ4n) is 3.60. The molecule has 0 aliphatic carbocycles. The summed E-state index contributed by atoms with van der Waals surface area (Å²) in [6.45, 7) is 6.60. The first-order valence-corrected chi connectivity index (χ1v) is 10.1. The summed E-state index contributed by atoms with van der Waals surface area (Å²) < 4.78 is 11.0. The average Bonchev–Trinajstić information content (AvgIpc) is 2.80. The number of piperazine rings is 1. The maximum Gasteiger partial charge on any atom is 0.248 e. The van der Waals surface area contributed by atoms with Crippen molar-refractivity contribution in [2.75, 3.05) is 68.9 Å². The van der Waals surface area contributed by atoms with Crippen molar-refractivity contribution < 1.29 is 14.3 Å². The smallest absolute Gasteiger partial charge is 0.248 e. The molecule has 154 valence electrons. The van der Waals surface area contributed by atoms with Crippen LogP contribution in [0.15, 0.2) is 42.6 Å². The van der Waals surface area contributed by atoms with E-state index in [9.17, 15) is 4.79 Å². The van der Waals surface area contributed by atoms with Crippen molar-refractivity contribution in [1.82, 2.24) is 15.1 Å². The number of aromatic nitrogens is 2. The lowest BCUT2D eigenvalue weighted by Gasteiger charge is -2.35. The number of ether oxygens (including phenoxy) is 2. The number of benzene rings is 1. The maximum atomic E-state index is 12.4. The molecule has 2 aromatic rings. The van der Waals surface area contributed by atoms with E-state index in [0.29, 0.717) is 19.7 Å². The van der Waals surface area contributed by atoms with Crippen LogP contribution >= 0.6 is 0 Å². The van der Waals surface area contributed by atoms with Crippen LogP contribution in [0.25, 0.3) is 0 Å². The molecule has 0 bridgehead atoms. The number of hydrogen-bond donors (Lipinski definition) is 0. The van der Waals surface area contributed by atoms with Crippen molar-refractivity contribution in [3.63, 3.8) is 0 Å². The van der Waals surface area contributed by atoms with Crippen molar-refractivity contribution in [3.05, 3.63) is 48.2 Å². The van der Waals surface area contributed by atoms with Gasteiger partial charge in [-0.05, 0) is 5.56 Å². The van der Waals surface area contributed by atoms with Gasteiger partial charge in [0.2, 0.25) is 5.91 Å². The number of nitrogens with zero attached hydrogens (tertiary/aromatic N) is 5. The largest absolute Gasteiger partial charge is 0.378 e. The number of anilines is 2. The summed E-state index contributed by atoms with van der Waals surface area (Å²) >= 11 is 0. The lowest BCUT2D eigenvalue weighted by atomic mass is 10.2. The van der Waals surface area contributed by atoms with E-state index in [1.807, 2.05) is 35.2 Å². The molecule has 1 aromatic heterocycles. The van der Waals surface area contributed by atoms with Gasteiger partial charge in [-0.2, -0.15) is 5.10 Å². The van der Waals surface area contributed by atoms with Crippen LogP contribution < -0.4 is 9.80 Å². The van der Waals surface area contributed by atoms with E-state index in [-0.39, 0.29) is 12.5 Å². The minimum Gasteiger partial charge on any atom is -0.378 e. The molecule has 0 radical (unpaired) electrons. The SMILES string of the molecule is O=C(COCc1ccccc1)N1CCN(c2cc(N3CCOCC3)cnn2)CC1. The number of morpholine rings is 1. The van der Waals surface area contributed by atoms with Crippen molar-refractivity contribution in [1.29, 1.82) is 0 Å². The molecule has 8 nitrogen and oxygen atoms in total. The second-order valence-corrected chi connectivity index (χ2v) is 7.22. The maximum absolute atomic E-state index is 12.4. The fourth-order valence-corrected chi connectivity index (χ4v) is 3.60. The Labute approximate surface area is 171 Å². The van der Waals surface area contributed by atoms with Crippen LogP contribution in [0.3, 0.4) is 0 Å². The Kier molecular flexibility index (Phi) is 6.53. The number of carbonyl (C=O) groups is 1. The van der Waals surface area contributed by atoms with Gasteiger partial charge in [0.05, 0.1) is 31.7 Å². The topological polar surface area (TPSA) is 71.0 Å². The molecule has 2 saturated heterocycles. The Bertz CT molecular complexity index is 790. The summed E-state index contributed by atoms with van der Waals surface area (Å²) in [4.78, 5) is 18.7. The first kappa shape index (κ1) is 19.6. The van der Waals surface area contributed by atoms with Crippen molar-refractivity contribution in [2.24, 2.45) is 0 Å². The molecule has 2 aliphatic rings. The molecule has 0 atom stereocenters. The van der Waals surface area contributed by atoms with Crippen molar-refractivity contribution in [3.8, 4) is 0 Å². The zero-order valence-corrected chi connectivity index (χ0v) is 16.6. The highest BCUT2D eigenvalue weighted by Crippen LogP contribution is 2.21. The third-order valence-electron chi connectivity index (χ3n) is 5.30. The van der Waals surface area contributed by atoms with E-state index in [1.165, 1.54) is 0 Å². The molecular formula is C21H27N5O3. The molecule has 8 heteroatoms. The van der Waals surface area contributed by atoms with Gasteiger partial charge in [0.15, 0.2) is 5.82 Å². The number of amides is 1. The molecule has 1 amide bonds. The molecule has 1 aromatic carbocycles. The molecular weight excluding hydrogens is 370 g/mol. The van der Waals surface area contributed by atoms with Crippen molar-refractivity contribution in [2.45, 2.75) is 6.61 Å². The Morgan fingerprint density at radius 2 is 1.76 bits per heavy atom. The van der Waals surface area contributed by atoms with Crippen LogP contribution in [-0.2, 0) is 20.9 Å². The molecule has 0 spiro atoms. The van der Waals surface area contributed by atoms with E-state index in [0.717, 1.165) is 56.5 Å². The third-order valence-corrected chi connectivity index (χ3v) is 5.30. The molecule has 0 N–H and O–H groups in total. The zero-order valence-electron chi connectivity index (χ0n) is 16.6. The van der Waals surface area contributed by atoms with E-state index in [4.69, 9.17) is 9.47 Å². The highest BCUT2D eigenvalue weighted by molar-refractivity contribution is 5.77. The van der Waals surface area contributed by atoms with Crippen molar-refractivity contribution >= 4 is 17.4 Å². The Morgan fingerprint density at radius 3 is 2.52 bits per heavy atom. The monoisotopic (exact) mass is 397 g/mol. The van der Waals surface area contributed by atoms with Crippen LogP contribution in [0.2, 0.25) is 0 Å². The molecule has 29 heavy (non-hydrogen) atoms. The summed E-state index contributed by atoms with van der Waals surface area (Å²) in [5.74, 6) is 0.898. The number of hydrogen-bond acceptors (Lipinski definition) is 7. The molecule has 4 rings (SSSR count). The first-order valence-electron chi connectivity index (χ1n) is 10.1. The second-order valence-electron chi connectivity index (χ2n) is 7.22. The summed E-state index contributed by atoms with van der Waals surface area (Å²) in [6.07, 6.45) is 1.80. The van der Waals surface area contributed by atoms with E-state index >= 15 is 0 Å². The minimum absolute atomic E-state index is 0.0359. The van der Waals surface area contributed by atoms with Gasteiger partial charge in [-0.15, -0.1) is 5.10 Å². The lowest BCUT2D eigenvalue weighted by molar-refractivity contribution is -0.136. The van der Waals surface area contributed by atoms with Crippen LogP contribution in [0.5, 0.6) is 0 Å². The Balaban J connectivity index is 1.25. The molecule has 2 aliphatic heterocycles. The Hall–Kier alpha value is -2.71. The first-order chi connectivity index (χ1) is 14.3. The van der Waals surface area contributed by atoms with Gasteiger partial charge < -0.3 is 24.2 Å². The van der Waals surface area contributed by atoms with Gasteiger partial charge in [0.25, 0.3) is 0 Å². The summed E-state index contributed by atoms with van der Waals surface area (Å²) in [5.41, 5.74) is 2.15. The molecule has 2 fully saturated rings. The summed E-state index contributed by atoms with van der Waals surface area (Å²) in [5, 5.41) is 8.48. The minimum atomic E-state index is 0.0359. The van der Waals surface area contributed by atoms with Gasteiger partial charge in [-0.3, -0.25) is 4.79 Å². The van der Waals surface area contributed by atoms with Gasteiger partial charge in [-0.25, -0.2) is 0 Å². The van der Waals surface area contributed by atoms with Crippen LogP contribution in [0.4, 0.5) is 11.5 Å². The third kappa shape index (κ3) is 5.21. The fraction of sp³-hybridized carbons (Fsp3) is 0.476. The van der Waals surface area contributed by atoms with Gasteiger partial charge in [0, 0.05) is 45.3 Å². The highest BCUT2D eigenvalue weighted by atomic mass is 16.5. The predicted octanol–water partition coefficient (Wildman–Crippen LogP) is 1.18. The number of carbonyl (C=O) groups excluding carboxylic acids is 1.